The van der Waals surface area contributed by atoms with E-state index in [-0.39, 0.29) is 0 Å². The highest BCUT2D eigenvalue weighted by Crippen LogP contribution is 2.22. The fourth-order valence-electron chi connectivity index (χ4n) is 1.92. The van der Waals surface area contributed by atoms with E-state index in [0.29, 0.717) is 5.02 Å². The largest absolute Gasteiger partial charge is 0.256 e. The maximum atomic E-state index is 5.83. The summed E-state index contributed by atoms with van der Waals surface area (Å²) in [5.74, 6) is 0. The minimum Gasteiger partial charge on any atom is -0.256 e. The lowest BCUT2D eigenvalue weighted by Gasteiger charge is -1.96. The molecule has 0 N–H and O–H groups in total. The number of azo groups is 1. The van der Waals surface area contributed by atoms with Crippen molar-refractivity contribution in [2.24, 2.45) is 15.2 Å². The molecule has 0 atom stereocenters. The van der Waals surface area contributed by atoms with Crippen LogP contribution in [0.3, 0.4) is 0 Å². The molecule has 0 fully saturated rings. The molecule has 23 heavy (non-hydrogen) atoms. The average molecular weight is 320 g/mol. The predicted molar refractivity (Wildman–Crippen MR) is 95.8 cm³/mol. The van der Waals surface area contributed by atoms with Crippen LogP contribution in [-0.4, -0.2) is 6.21 Å². The summed E-state index contributed by atoms with van der Waals surface area (Å²) in [6, 6.07) is 24.8. The molecule has 4 heteroatoms. The Kier molecular flexibility index (Phi) is 4.92. The predicted octanol–water partition coefficient (Wildman–Crippen LogP) is 6.51. The number of benzene rings is 3. The lowest BCUT2D eigenvalue weighted by atomic mass is 10.2. The molecule has 0 aliphatic carbocycles. The first kappa shape index (κ1) is 15.1. The summed E-state index contributed by atoms with van der Waals surface area (Å²) in [5, 5.41) is 9.05. The van der Waals surface area contributed by atoms with Gasteiger partial charge in [-0.2, -0.15) is 10.2 Å². The molecule has 112 valence electrons. The van der Waals surface area contributed by atoms with Crippen LogP contribution >= 0.6 is 11.6 Å². The zero-order valence-electron chi connectivity index (χ0n) is 12.3. The Labute approximate surface area is 140 Å². The molecule has 0 heterocycles. The van der Waals surface area contributed by atoms with Gasteiger partial charge >= 0.3 is 0 Å². The van der Waals surface area contributed by atoms with Gasteiger partial charge < -0.3 is 0 Å². The molecule has 0 aliphatic rings. The van der Waals surface area contributed by atoms with Gasteiger partial charge in [-0.15, -0.1) is 0 Å². The normalized spacial score (nSPS) is 11.3. The first-order valence-corrected chi connectivity index (χ1v) is 7.54. The molecule has 0 bridgehead atoms. The Morgan fingerprint density at radius 1 is 0.609 bits per heavy atom. The van der Waals surface area contributed by atoms with Crippen molar-refractivity contribution in [2.75, 3.05) is 0 Å². The van der Waals surface area contributed by atoms with Crippen molar-refractivity contribution < 1.29 is 0 Å². The molecule has 0 unspecified atom stereocenters. The van der Waals surface area contributed by atoms with E-state index in [4.69, 9.17) is 11.6 Å². The molecule has 3 aromatic rings. The molecule has 0 amide bonds. The lowest BCUT2D eigenvalue weighted by molar-refractivity contribution is 1.23. The summed E-state index contributed by atoms with van der Waals surface area (Å²) < 4.78 is 0. The molecule has 0 spiro atoms. The molecule has 0 radical (unpaired) electrons. The molecule has 0 saturated heterocycles. The Morgan fingerprint density at radius 3 is 1.74 bits per heavy atom. The van der Waals surface area contributed by atoms with E-state index in [1.54, 1.807) is 12.1 Å². The molecular formula is C19H14ClN3. The van der Waals surface area contributed by atoms with Crippen molar-refractivity contribution in [3.63, 3.8) is 0 Å². The second kappa shape index (κ2) is 7.47. The third-order valence-corrected chi connectivity index (χ3v) is 3.37. The summed E-state index contributed by atoms with van der Waals surface area (Å²) in [4.78, 5) is 4.43. The average Bonchev–Trinajstić information content (AvgIpc) is 2.61. The third kappa shape index (κ3) is 4.59. The summed E-state index contributed by atoms with van der Waals surface area (Å²) in [5.41, 5.74) is 3.48. The number of hydrogen-bond acceptors (Lipinski definition) is 3. The first-order valence-electron chi connectivity index (χ1n) is 7.16. The number of halogens is 1. The standard InChI is InChI=1S/C19H14ClN3/c20-16-6-8-18(9-7-16)22-23-19-12-10-17(11-13-19)21-14-15-4-2-1-3-5-15/h1-14H. The minimum atomic E-state index is 0.685. The number of aliphatic imine (C=N–C) groups is 1. The van der Waals surface area contributed by atoms with Crippen molar-refractivity contribution in [3.05, 3.63) is 89.4 Å². The van der Waals surface area contributed by atoms with Crippen molar-refractivity contribution in [2.45, 2.75) is 0 Å². The van der Waals surface area contributed by atoms with Gasteiger partial charge in [0.2, 0.25) is 0 Å². The zero-order chi connectivity index (χ0) is 15.9. The van der Waals surface area contributed by atoms with Gasteiger partial charge in [0.05, 0.1) is 17.1 Å². The Hall–Kier alpha value is -2.78. The number of nitrogens with zero attached hydrogens (tertiary/aromatic N) is 3. The molecular weight excluding hydrogens is 306 g/mol. The van der Waals surface area contributed by atoms with E-state index in [2.05, 4.69) is 15.2 Å². The Bertz CT molecular complexity index is 807. The molecule has 3 aromatic carbocycles. The smallest absolute Gasteiger partial charge is 0.0858 e. The molecule has 3 rings (SSSR count). The first-order chi connectivity index (χ1) is 11.3. The van der Waals surface area contributed by atoms with Crippen LogP contribution in [0.2, 0.25) is 5.02 Å². The van der Waals surface area contributed by atoms with Crippen LogP contribution in [0.15, 0.2) is 94.1 Å². The monoisotopic (exact) mass is 319 g/mol. The number of hydrogen-bond donors (Lipinski definition) is 0. The van der Waals surface area contributed by atoms with Gasteiger partial charge in [0.15, 0.2) is 0 Å². The number of rotatable bonds is 4. The van der Waals surface area contributed by atoms with Gasteiger partial charge in [-0.05, 0) is 54.1 Å². The molecule has 3 nitrogen and oxygen atoms in total. The SMILES string of the molecule is Clc1ccc(N=Nc2ccc(N=Cc3ccccc3)cc2)cc1. The van der Waals surface area contributed by atoms with Crippen molar-refractivity contribution in [1.29, 1.82) is 0 Å². The van der Waals surface area contributed by atoms with E-state index >= 15 is 0 Å². The third-order valence-electron chi connectivity index (χ3n) is 3.12. The van der Waals surface area contributed by atoms with E-state index in [0.717, 1.165) is 22.6 Å². The van der Waals surface area contributed by atoms with Crippen molar-refractivity contribution in [3.8, 4) is 0 Å². The van der Waals surface area contributed by atoms with E-state index in [9.17, 15) is 0 Å². The quantitative estimate of drug-likeness (QED) is 0.388. The van der Waals surface area contributed by atoms with Gasteiger partial charge in [0, 0.05) is 11.2 Å². The zero-order valence-corrected chi connectivity index (χ0v) is 13.1. The molecule has 0 aromatic heterocycles. The highest BCUT2D eigenvalue weighted by molar-refractivity contribution is 6.30. The van der Waals surface area contributed by atoms with Crippen LogP contribution in [0.5, 0.6) is 0 Å². The maximum absolute atomic E-state index is 5.83. The van der Waals surface area contributed by atoms with Gasteiger partial charge in [-0.1, -0.05) is 41.9 Å². The summed E-state index contributed by atoms with van der Waals surface area (Å²) >= 11 is 5.83. The summed E-state index contributed by atoms with van der Waals surface area (Å²) in [6.07, 6.45) is 1.84. The van der Waals surface area contributed by atoms with E-state index in [1.807, 2.05) is 72.9 Å². The molecule has 0 saturated carbocycles. The minimum absolute atomic E-state index is 0.685. The van der Waals surface area contributed by atoms with Gasteiger partial charge in [-0.25, -0.2) is 0 Å². The van der Waals surface area contributed by atoms with Crippen molar-refractivity contribution in [1.82, 2.24) is 0 Å². The van der Waals surface area contributed by atoms with Gasteiger partial charge in [-0.3, -0.25) is 4.99 Å². The van der Waals surface area contributed by atoms with Gasteiger partial charge in [0.25, 0.3) is 0 Å². The van der Waals surface area contributed by atoms with Crippen LogP contribution < -0.4 is 0 Å². The van der Waals surface area contributed by atoms with Crippen molar-refractivity contribution >= 4 is 34.9 Å². The van der Waals surface area contributed by atoms with Crippen LogP contribution in [0, 0.1) is 0 Å². The van der Waals surface area contributed by atoms with Crippen LogP contribution in [0.1, 0.15) is 5.56 Å². The highest BCUT2D eigenvalue weighted by Gasteiger charge is 1.93. The van der Waals surface area contributed by atoms with Gasteiger partial charge in [0.1, 0.15) is 0 Å². The lowest BCUT2D eigenvalue weighted by Crippen LogP contribution is -1.77. The summed E-state index contributed by atoms with van der Waals surface area (Å²) in [6.45, 7) is 0. The van der Waals surface area contributed by atoms with Crippen LogP contribution in [-0.2, 0) is 0 Å². The summed E-state index contributed by atoms with van der Waals surface area (Å²) in [7, 11) is 0. The van der Waals surface area contributed by atoms with E-state index < -0.39 is 0 Å². The topological polar surface area (TPSA) is 37.1 Å². The van der Waals surface area contributed by atoms with Crippen LogP contribution in [0.25, 0.3) is 0 Å². The maximum Gasteiger partial charge on any atom is 0.0858 e. The van der Waals surface area contributed by atoms with Crippen LogP contribution in [0.4, 0.5) is 17.1 Å². The Balaban J connectivity index is 1.67. The highest BCUT2D eigenvalue weighted by atomic mass is 35.5. The fourth-order valence-corrected chi connectivity index (χ4v) is 2.04. The second-order valence-corrected chi connectivity index (χ2v) is 5.30. The molecule has 0 aliphatic heterocycles. The fraction of sp³-hybridized carbons (Fsp3) is 0. The second-order valence-electron chi connectivity index (χ2n) is 4.86. The Morgan fingerprint density at radius 2 is 1.13 bits per heavy atom. The van der Waals surface area contributed by atoms with E-state index in [1.165, 1.54) is 0 Å².